The van der Waals surface area contributed by atoms with Gasteiger partial charge in [0.2, 0.25) is 5.95 Å². The van der Waals surface area contributed by atoms with Crippen LogP contribution in [0, 0.1) is 11.3 Å². The van der Waals surface area contributed by atoms with Crippen molar-refractivity contribution in [3.63, 3.8) is 0 Å². The Morgan fingerprint density at radius 2 is 1.81 bits per heavy atom. The van der Waals surface area contributed by atoms with Crippen LogP contribution in [0.15, 0.2) is 36.9 Å². The van der Waals surface area contributed by atoms with Gasteiger partial charge >= 0.3 is 0 Å². The topological polar surface area (TPSA) is 74.5 Å². The highest BCUT2D eigenvalue weighted by Gasteiger charge is 1.99. The average Bonchev–Trinajstić information content (AvgIpc) is 2.38. The molecule has 0 fully saturated rings. The highest BCUT2D eigenvalue weighted by Crippen LogP contribution is 2.16. The molecule has 2 aromatic heterocycles. The van der Waals surface area contributed by atoms with Crippen molar-refractivity contribution < 1.29 is 0 Å². The Balaban J connectivity index is 2.17. The van der Waals surface area contributed by atoms with E-state index in [2.05, 4.69) is 20.3 Å². The molecule has 78 valence electrons. The second-order valence-electron chi connectivity index (χ2n) is 3.04. The summed E-state index contributed by atoms with van der Waals surface area (Å²) < 4.78 is 0. The summed E-state index contributed by atoms with van der Waals surface area (Å²) in [5, 5.41) is 11.2. The van der Waals surface area contributed by atoms with E-state index in [9.17, 15) is 0 Å². The van der Waals surface area contributed by atoms with Crippen molar-refractivity contribution in [2.75, 3.05) is 11.9 Å². The second kappa shape index (κ2) is 4.84. The van der Waals surface area contributed by atoms with E-state index in [0.717, 1.165) is 11.1 Å². The number of nitrogens with one attached hydrogen (secondary N) is 1. The van der Waals surface area contributed by atoms with Crippen LogP contribution in [0.5, 0.6) is 0 Å². The summed E-state index contributed by atoms with van der Waals surface area (Å²) in [6, 6.07) is 5.74. The number of aromatic nitrogens is 3. The fraction of sp³-hybridized carbons (Fsp3) is 0.0909. The van der Waals surface area contributed by atoms with Gasteiger partial charge in [-0.05, 0) is 17.7 Å². The minimum absolute atomic E-state index is 0.203. The Kier molecular flexibility index (Phi) is 3.04. The van der Waals surface area contributed by atoms with Crippen LogP contribution in [0.2, 0.25) is 0 Å². The van der Waals surface area contributed by atoms with Gasteiger partial charge < -0.3 is 5.32 Å². The van der Waals surface area contributed by atoms with Gasteiger partial charge in [-0.25, -0.2) is 9.97 Å². The second-order valence-corrected chi connectivity index (χ2v) is 3.04. The number of pyridine rings is 1. The molecule has 0 radical (unpaired) electrons. The molecule has 16 heavy (non-hydrogen) atoms. The molecule has 0 unspecified atom stereocenters. The van der Waals surface area contributed by atoms with Crippen LogP contribution in [-0.2, 0) is 0 Å². The molecule has 0 bridgehead atoms. The largest absolute Gasteiger partial charge is 0.341 e. The summed E-state index contributed by atoms with van der Waals surface area (Å²) in [6.45, 7) is 0.203. The Morgan fingerprint density at radius 3 is 2.44 bits per heavy atom. The normalized spacial score (nSPS) is 9.44. The van der Waals surface area contributed by atoms with Crippen LogP contribution in [0.4, 0.5) is 5.95 Å². The maximum absolute atomic E-state index is 8.39. The van der Waals surface area contributed by atoms with E-state index in [1.807, 2.05) is 18.2 Å². The Hall–Kier alpha value is -2.48. The first-order valence-electron chi connectivity index (χ1n) is 4.73. The average molecular weight is 211 g/mol. The molecule has 0 spiro atoms. The predicted octanol–water partition coefficient (Wildman–Crippen LogP) is 1.47. The van der Waals surface area contributed by atoms with Gasteiger partial charge in [0.15, 0.2) is 0 Å². The SMILES string of the molecule is N#CCNc1ncc(-c2ccncc2)cn1. The van der Waals surface area contributed by atoms with E-state index in [4.69, 9.17) is 5.26 Å². The molecular weight excluding hydrogens is 202 g/mol. The molecule has 5 heteroatoms. The lowest BCUT2D eigenvalue weighted by molar-refractivity contribution is 1.12. The van der Waals surface area contributed by atoms with Crippen LogP contribution >= 0.6 is 0 Å². The highest BCUT2D eigenvalue weighted by molar-refractivity contribution is 5.61. The quantitative estimate of drug-likeness (QED) is 0.778. The Labute approximate surface area is 92.8 Å². The Morgan fingerprint density at radius 1 is 1.12 bits per heavy atom. The van der Waals surface area contributed by atoms with Gasteiger partial charge in [0.1, 0.15) is 6.54 Å². The van der Waals surface area contributed by atoms with Crippen LogP contribution in [0.1, 0.15) is 0 Å². The van der Waals surface area contributed by atoms with Gasteiger partial charge in [-0.15, -0.1) is 0 Å². The van der Waals surface area contributed by atoms with Crippen molar-refractivity contribution in [3.8, 4) is 17.2 Å². The lowest BCUT2D eigenvalue weighted by Gasteiger charge is -2.02. The standard InChI is InChI=1S/C11H9N5/c12-3-6-14-11-15-7-10(8-16-11)9-1-4-13-5-2-9/h1-2,4-5,7-8H,6H2,(H,14,15,16). The van der Waals surface area contributed by atoms with Crippen LogP contribution in [-0.4, -0.2) is 21.5 Å². The third-order valence-corrected chi connectivity index (χ3v) is 1.99. The molecule has 0 amide bonds. The van der Waals surface area contributed by atoms with Crippen molar-refractivity contribution in [2.24, 2.45) is 0 Å². The number of hydrogen-bond donors (Lipinski definition) is 1. The molecule has 0 saturated carbocycles. The lowest BCUT2D eigenvalue weighted by Crippen LogP contribution is -2.02. The first-order valence-corrected chi connectivity index (χ1v) is 4.73. The maximum Gasteiger partial charge on any atom is 0.223 e. The predicted molar refractivity (Wildman–Crippen MR) is 59.4 cm³/mol. The molecule has 0 atom stereocenters. The van der Waals surface area contributed by atoms with E-state index in [0.29, 0.717) is 5.95 Å². The van der Waals surface area contributed by atoms with Crippen LogP contribution < -0.4 is 5.32 Å². The molecule has 0 aliphatic heterocycles. The molecule has 0 aliphatic carbocycles. The molecule has 2 aromatic rings. The minimum Gasteiger partial charge on any atom is -0.341 e. The molecule has 2 heterocycles. The summed E-state index contributed by atoms with van der Waals surface area (Å²) >= 11 is 0. The van der Waals surface area contributed by atoms with E-state index < -0.39 is 0 Å². The monoisotopic (exact) mass is 211 g/mol. The van der Waals surface area contributed by atoms with Crippen LogP contribution in [0.25, 0.3) is 11.1 Å². The zero-order valence-corrected chi connectivity index (χ0v) is 8.46. The van der Waals surface area contributed by atoms with Gasteiger partial charge in [-0.3, -0.25) is 4.98 Å². The van der Waals surface area contributed by atoms with Gasteiger partial charge in [-0.2, -0.15) is 5.26 Å². The third-order valence-electron chi connectivity index (χ3n) is 1.99. The summed E-state index contributed by atoms with van der Waals surface area (Å²) in [6.07, 6.45) is 6.86. The molecule has 0 aliphatic rings. The van der Waals surface area contributed by atoms with E-state index in [1.165, 1.54) is 0 Å². The highest BCUT2D eigenvalue weighted by atomic mass is 15.1. The number of rotatable bonds is 3. The fourth-order valence-corrected chi connectivity index (χ4v) is 1.23. The van der Waals surface area contributed by atoms with E-state index >= 15 is 0 Å². The first-order chi connectivity index (χ1) is 7.90. The van der Waals surface area contributed by atoms with Crippen molar-refractivity contribution in [1.82, 2.24) is 15.0 Å². The molecular formula is C11H9N5. The van der Waals surface area contributed by atoms with E-state index in [-0.39, 0.29) is 6.54 Å². The number of anilines is 1. The summed E-state index contributed by atoms with van der Waals surface area (Å²) in [7, 11) is 0. The lowest BCUT2D eigenvalue weighted by atomic mass is 10.1. The summed E-state index contributed by atoms with van der Waals surface area (Å²) in [4.78, 5) is 12.1. The minimum atomic E-state index is 0.203. The zero-order valence-electron chi connectivity index (χ0n) is 8.46. The third kappa shape index (κ3) is 2.30. The first kappa shape index (κ1) is 10.1. The summed E-state index contributed by atoms with van der Waals surface area (Å²) in [5.74, 6) is 0.458. The molecule has 5 nitrogen and oxygen atoms in total. The van der Waals surface area contributed by atoms with Crippen LogP contribution in [0.3, 0.4) is 0 Å². The smallest absolute Gasteiger partial charge is 0.223 e. The Bertz CT molecular complexity index is 486. The van der Waals surface area contributed by atoms with Gasteiger partial charge in [0, 0.05) is 30.4 Å². The number of nitriles is 1. The van der Waals surface area contributed by atoms with Crippen molar-refractivity contribution in [3.05, 3.63) is 36.9 Å². The molecule has 0 saturated heterocycles. The van der Waals surface area contributed by atoms with Gasteiger partial charge in [0.05, 0.1) is 6.07 Å². The molecule has 1 N–H and O–H groups in total. The van der Waals surface area contributed by atoms with E-state index in [1.54, 1.807) is 24.8 Å². The molecule has 0 aromatic carbocycles. The van der Waals surface area contributed by atoms with Crippen molar-refractivity contribution in [1.29, 1.82) is 5.26 Å². The van der Waals surface area contributed by atoms with Crippen molar-refractivity contribution >= 4 is 5.95 Å². The zero-order chi connectivity index (χ0) is 11.2. The van der Waals surface area contributed by atoms with Crippen molar-refractivity contribution in [2.45, 2.75) is 0 Å². The summed E-state index contributed by atoms with van der Waals surface area (Å²) in [5.41, 5.74) is 1.94. The van der Waals surface area contributed by atoms with Gasteiger partial charge in [-0.1, -0.05) is 0 Å². The molecule has 2 rings (SSSR count). The fourth-order valence-electron chi connectivity index (χ4n) is 1.23. The van der Waals surface area contributed by atoms with Gasteiger partial charge in [0.25, 0.3) is 0 Å². The number of nitrogens with zero attached hydrogens (tertiary/aromatic N) is 4. The maximum atomic E-state index is 8.39. The number of hydrogen-bond acceptors (Lipinski definition) is 5.